The topological polar surface area (TPSA) is 73.9 Å². The fourth-order valence-electron chi connectivity index (χ4n) is 3.28. The van der Waals surface area contributed by atoms with Gasteiger partial charge in [0.2, 0.25) is 0 Å². The van der Waals surface area contributed by atoms with Gasteiger partial charge in [-0.05, 0) is 29.7 Å². The maximum atomic E-state index is 12.8. The number of alkyl halides is 2. The molecule has 1 N–H and O–H groups in total. The molecule has 0 aromatic heterocycles. The normalized spacial score (nSPS) is 11.5. The Morgan fingerprint density at radius 1 is 0.909 bits per heavy atom. The lowest BCUT2D eigenvalue weighted by molar-refractivity contribution is -0.125. The van der Waals surface area contributed by atoms with E-state index in [9.17, 15) is 18.4 Å². The molecule has 0 spiro atoms. The molecule has 172 valence electrons. The number of ether oxygens (including phenoxy) is 3. The summed E-state index contributed by atoms with van der Waals surface area (Å²) in [7, 11) is 1.26. The molecule has 0 bridgehead atoms. The fraction of sp³-hybridized carbons (Fsp3) is 0.200. The Bertz CT molecular complexity index is 1060. The SMILES string of the molecule is COc1cccc(C(=O)OCC(=O)NC(Cc2ccccc2)c2ccccc2)c1OC(F)F. The van der Waals surface area contributed by atoms with E-state index in [0.29, 0.717) is 6.42 Å². The van der Waals surface area contributed by atoms with Crippen LogP contribution in [0.3, 0.4) is 0 Å². The minimum atomic E-state index is -3.17. The van der Waals surface area contributed by atoms with Gasteiger partial charge < -0.3 is 19.5 Å². The number of esters is 1. The van der Waals surface area contributed by atoms with Crippen molar-refractivity contribution in [3.05, 3.63) is 95.6 Å². The third-order valence-corrected chi connectivity index (χ3v) is 4.78. The number of halogens is 2. The van der Waals surface area contributed by atoms with Crippen molar-refractivity contribution in [3.8, 4) is 11.5 Å². The first kappa shape index (κ1) is 23.7. The van der Waals surface area contributed by atoms with Crippen molar-refractivity contribution < 1.29 is 32.6 Å². The van der Waals surface area contributed by atoms with Crippen LogP contribution in [0.2, 0.25) is 0 Å². The highest BCUT2D eigenvalue weighted by Gasteiger charge is 2.23. The van der Waals surface area contributed by atoms with Crippen LogP contribution in [-0.4, -0.2) is 32.2 Å². The highest BCUT2D eigenvalue weighted by Crippen LogP contribution is 2.33. The summed E-state index contributed by atoms with van der Waals surface area (Å²) in [5.74, 6) is -2.03. The van der Waals surface area contributed by atoms with Crippen molar-refractivity contribution >= 4 is 11.9 Å². The summed E-state index contributed by atoms with van der Waals surface area (Å²) >= 11 is 0. The number of amides is 1. The average molecular weight is 455 g/mol. The number of benzene rings is 3. The number of hydrogen-bond acceptors (Lipinski definition) is 5. The second kappa shape index (κ2) is 11.6. The molecule has 6 nitrogen and oxygen atoms in total. The minimum absolute atomic E-state index is 0.0544. The van der Waals surface area contributed by atoms with Gasteiger partial charge in [0, 0.05) is 0 Å². The van der Waals surface area contributed by atoms with Crippen LogP contribution in [0.4, 0.5) is 8.78 Å². The van der Waals surface area contributed by atoms with Crippen LogP contribution in [0.5, 0.6) is 11.5 Å². The quantitative estimate of drug-likeness (QED) is 0.454. The zero-order chi connectivity index (χ0) is 23.6. The van der Waals surface area contributed by atoms with Crippen LogP contribution >= 0.6 is 0 Å². The van der Waals surface area contributed by atoms with E-state index < -0.39 is 30.8 Å². The molecule has 8 heteroatoms. The van der Waals surface area contributed by atoms with Gasteiger partial charge in [-0.1, -0.05) is 66.7 Å². The van der Waals surface area contributed by atoms with Crippen molar-refractivity contribution in [2.24, 2.45) is 0 Å². The lowest BCUT2D eigenvalue weighted by atomic mass is 9.99. The molecule has 0 aliphatic heterocycles. The maximum Gasteiger partial charge on any atom is 0.387 e. The van der Waals surface area contributed by atoms with E-state index >= 15 is 0 Å². The largest absolute Gasteiger partial charge is 0.493 e. The smallest absolute Gasteiger partial charge is 0.387 e. The lowest BCUT2D eigenvalue weighted by Crippen LogP contribution is -2.33. The standard InChI is InChI=1S/C25H23F2NO5/c1-31-21-14-8-13-19(23(21)33-25(26)27)24(30)32-16-22(29)28-20(18-11-6-3-7-12-18)15-17-9-4-2-5-10-17/h2-14,20,25H,15-16H2,1H3,(H,28,29). The number of methoxy groups -OCH3 is 1. The second-order valence-electron chi connectivity index (χ2n) is 7.01. The van der Waals surface area contributed by atoms with Crippen molar-refractivity contribution in [1.29, 1.82) is 0 Å². The van der Waals surface area contributed by atoms with Crippen LogP contribution in [0.15, 0.2) is 78.9 Å². The van der Waals surface area contributed by atoms with Gasteiger partial charge in [-0.3, -0.25) is 4.79 Å². The third kappa shape index (κ3) is 6.77. The van der Waals surface area contributed by atoms with E-state index in [1.807, 2.05) is 60.7 Å². The summed E-state index contributed by atoms with van der Waals surface area (Å²) in [6, 6.07) is 22.7. The van der Waals surface area contributed by atoms with E-state index in [1.54, 1.807) is 0 Å². The molecular formula is C25H23F2NO5. The first-order valence-electron chi connectivity index (χ1n) is 10.1. The molecule has 0 aliphatic carbocycles. The van der Waals surface area contributed by atoms with Crippen molar-refractivity contribution in [1.82, 2.24) is 5.32 Å². The summed E-state index contributed by atoms with van der Waals surface area (Å²) in [5.41, 5.74) is 1.64. The van der Waals surface area contributed by atoms with Crippen molar-refractivity contribution in [2.45, 2.75) is 19.1 Å². The molecule has 0 heterocycles. The first-order valence-corrected chi connectivity index (χ1v) is 10.1. The Morgan fingerprint density at radius 3 is 2.21 bits per heavy atom. The second-order valence-corrected chi connectivity index (χ2v) is 7.01. The van der Waals surface area contributed by atoms with E-state index in [0.717, 1.165) is 11.1 Å². The van der Waals surface area contributed by atoms with Gasteiger partial charge >= 0.3 is 12.6 Å². The number of rotatable bonds is 10. The van der Waals surface area contributed by atoms with Gasteiger partial charge in [-0.25, -0.2) is 4.79 Å². The van der Waals surface area contributed by atoms with Gasteiger partial charge in [-0.15, -0.1) is 0 Å². The van der Waals surface area contributed by atoms with E-state index in [1.165, 1.54) is 25.3 Å². The van der Waals surface area contributed by atoms with Crippen LogP contribution < -0.4 is 14.8 Å². The molecule has 3 aromatic carbocycles. The van der Waals surface area contributed by atoms with Crippen molar-refractivity contribution in [3.63, 3.8) is 0 Å². The molecule has 1 unspecified atom stereocenters. The number of nitrogens with one attached hydrogen (secondary N) is 1. The van der Waals surface area contributed by atoms with Gasteiger partial charge in [-0.2, -0.15) is 8.78 Å². The van der Waals surface area contributed by atoms with Crippen LogP contribution in [0.25, 0.3) is 0 Å². The average Bonchev–Trinajstić information content (AvgIpc) is 2.83. The Balaban J connectivity index is 1.68. The maximum absolute atomic E-state index is 12.8. The molecule has 0 saturated carbocycles. The molecule has 33 heavy (non-hydrogen) atoms. The first-order chi connectivity index (χ1) is 16.0. The van der Waals surface area contributed by atoms with Crippen molar-refractivity contribution in [2.75, 3.05) is 13.7 Å². The monoisotopic (exact) mass is 455 g/mol. The predicted octanol–water partition coefficient (Wildman–Crippen LogP) is 4.55. The summed E-state index contributed by atoms with van der Waals surface area (Å²) < 4.78 is 40.0. The molecule has 1 amide bonds. The highest BCUT2D eigenvalue weighted by atomic mass is 19.3. The molecule has 3 aromatic rings. The highest BCUT2D eigenvalue weighted by molar-refractivity contribution is 5.95. The molecule has 0 saturated heterocycles. The summed E-state index contributed by atoms with van der Waals surface area (Å²) in [5, 5.41) is 2.87. The molecule has 0 radical (unpaired) electrons. The van der Waals surface area contributed by atoms with Crippen LogP contribution in [0, 0.1) is 0 Å². The van der Waals surface area contributed by atoms with E-state index in [4.69, 9.17) is 9.47 Å². The third-order valence-electron chi connectivity index (χ3n) is 4.78. The zero-order valence-electron chi connectivity index (χ0n) is 17.9. The minimum Gasteiger partial charge on any atom is -0.493 e. The van der Waals surface area contributed by atoms with Gasteiger partial charge in [0.15, 0.2) is 18.1 Å². The van der Waals surface area contributed by atoms with Gasteiger partial charge in [0.05, 0.1) is 13.2 Å². The Hall–Kier alpha value is -3.94. The Kier molecular flexibility index (Phi) is 8.35. The number of carbonyl (C=O) groups is 2. The van der Waals surface area contributed by atoms with Crippen LogP contribution in [-0.2, 0) is 16.0 Å². The number of para-hydroxylation sites is 1. The molecule has 3 rings (SSSR count). The van der Waals surface area contributed by atoms with Gasteiger partial charge in [0.1, 0.15) is 5.56 Å². The van der Waals surface area contributed by atoms with E-state index in [2.05, 4.69) is 10.1 Å². The summed E-state index contributed by atoms with van der Waals surface area (Å²) in [4.78, 5) is 25.1. The molecule has 0 aliphatic rings. The number of hydrogen-bond donors (Lipinski definition) is 1. The van der Waals surface area contributed by atoms with Gasteiger partial charge in [0.25, 0.3) is 5.91 Å². The fourth-order valence-corrected chi connectivity index (χ4v) is 3.28. The summed E-state index contributed by atoms with van der Waals surface area (Å²) in [6.07, 6.45) is 0.535. The zero-order valence-corrected chi connectivity index (χ0v) is 17.9. The van der Waals surface area contributed by atoms with E-state index in [-0.39, 0.29) is 17.4 Å². The molecular weight excluding hydrogens is 432 g/mol. The number of carbonyl (C=O) groups excluding carboxylic acids is 2. The lowest BCUT2D eigenvalue weighted by Gasteiger charge is -2.20. The predicted molar refractivity (Wildman–Crippen MR) is 117 cm³/mol. The Labute approximate surface area is 190 Å². The summed E-state index contributed by atoms with van der Waals surface area (Å²) in [6.45, 7) is -3.76. The van der Waals surface area contributed by atoms with Crippen LogP contribution in [0.1, 0.15) is 27.5 Å². The molecule has 1 atom stereocenters. The molecule has 0 fully saturated rings. The Morgan fingerprint density at radius 2 is 1.58 bits per heavy atom.